The van der Waals surface area contributed by atoms with Crippen LogP contribution < -0.4 is 10.0 Å². The van der Waals surface area contributed by atoms with Crippen LogP contribution in [0, 0.1) is 11.3 Å². The molecule has 1 unspecified atom stereocenters. The summed E-state index contributed by atoms with van der Waals surface area (Å²) in [6.07, 6.45) is -0.254. The van der Waals surface area contributed by atoms with Gasteiger partial charge < -0.3 is 5.32 Å². The zero-order chi connectivity index (χ0) is 17.6. The summed E-state index contributed by atoms with van der Waals surface area (Å²) in [5, 5.41) is 11.0. The Labute approximate surface area is 141 Å². The fourth-order valence-corrected chi connectivity index (χ4v) is 3.34. The van der Waals surface area contributed by atoms with E-state index in [9.17, 15) is 13.2 Å². The van der Waals surface area contributed by atoms with Gasteiger partial charge in [0.25, 0.3) is 0 Å². The molecule has 1 atom stereocenters. The molecule has 24 heavy (non-hydrogen) atoms. The van der Waals surface area contributed by atoms with Crippen LogP contribution in [0.5, 0.6) is 0 Å². The number of amides is 1. The minimum atomic E-state index is -3.68. The smallest absolute Gasteiger partial charge is 0.241 e. The summed E-state index contributed by atoms with van der Waals surface area (Å²) in [4.78, 5) is 11.4. The zero-order valence-corrected chi connectivity index (χ0v) is 13.9. The lowest BCUT2D eigenvalue weighted by Crippen LogP contribution is -2.26. The van der Waals surface area contributed by atoms with Gasteiger partial charge in [-0.25, -0.2) is 13.1 Å². The van der Waals surface area contributed by atoms with Crippen molar-refractivity contribution in [3.8, 4) is 6.07 Å². The van der Waals surface area contributed by atoms with Gasteiger partial charge in [-0.05, 0) is 36.8 Å². The maximum atomic E-state index is 12.4. The number of hydrogen-bond donors (Lipinski definition) is 2. The predicted molar refractivity (Wildman–Crippen MR) is 90.5 cm³/mol. The second kappa shape index (κ2) is 7.73. The van der Waals surface area contributed by atoms with E-state index in [4.69, 9.17) is 5.26 Å². The molecule has 2 aromatic rings. The number of rotatable bonds is 6. The SMILES string of the molecule is CC(NS(=O)(=O)c1ccc(NC(=O)CC#N)cc1)c1ccccc1. The van der Waals surface area contributed by atoms with E-state index >= 15 is 0 Å². The highest BCUT2D eigenvalue weighted by Crippen LogP contribution is 2.18. The predicted octanol–water partition coefficient (Wildman–Crippen LogP) is 2.58. The van der Waals surface area contributed by atoms with Crippen molar-refractivity contribution in [3.05, 3.63) is 60.2 Å². The Morgan fingerprint density at radius 3 is 2.33 bits per heavy atom. The van der Waals surface area contributed by atoms with Crippen LogP contribution in [0.2, 0.25) is 0 Å². The lowest BCUT2D eigenvalue weighted by Gasteiger charge is -2.15. The van der Waals surface area contributed by atoms with E-state index in [1.807, 2.05) is 30.3 Å². The number of anilines is 1. The lowest BCUT2D eigenvalue weighted by atomic mass is 10.1. The molecule has 0 aliphatic carbocycles. The van der Waals surface area contributed by atoms with Crippen molar-refractivity contribution >= 4 is 21.6 Å². The van der Waals surface area contributed by atoms with Crippen molar-refractivity contribution in [2.75, 3.05) is 5.32 Å². The molecule has 0 bridgehead atoms. The Bertz CT molecular complexity index is 841. The molecular weight excluding hydrogens is 326 g/mol. The molecule has 6 nitrogen and oxygen atoms in total. The number of nitrogens with one attached hydrogen (secondary N) is 2. The van der Waals surface area contributed by atoms with Crippen molar-refractivity contribution in [1.29, 1.82) is 5.26 Å². The Morgan fingerprint density at radius 1 is 1.12 bits per heavy atom. The molecule has 2 N–H and O–H groups in total. The van der Waals surface area contributed by atoms with Crippen LogP contribution >= 0.6 is 0 Å². The minimum Gasteiger partial charge on any atom is -0.325 e. The van der Waals surface area contributed by atoms with Crippen LogP contribution in [0.3, 0.4) is 0 Å². The van der Waals surface area contributed by atoms with Crippen LogP contribution in [-0.4, -0.2) is 14.3 Å². The molecule has 0 radical (unpaired) electrons. The standard InChI is InChI=1S/C17H17N3O3S/c1-13(14-5-3-2-4-6-14)20-24(22,23)16-9-7-15(8-10-16)19-17(21)11-12-18/h2-10,13,20H,11H2,1H3,(H,19,21). The van der Waals surface area contributed by atoms with Gasteiger partial charge in [0.05, 0.1) is 11.0 Å². The van der Waals surface area contributed by atoms with Gasteiger partial charge in [-0.15, -0.1) is 0 Å². The Kier molecular flexibility index (Phi) is 5.68. The summed E-state index contributed by atoms with van der Waals surface area (Å²) in [6.45, 7) is 1.77. The molecule has 0 fully saturated rings. The molecule has 0 heterocycles. The first-order valence-electron chi connectivity index (χ1n) is 7.26. The van der Waals surface area contributed by atoms with E-state index in [0.717, 1.165) is 5.56 Å². The summed E-state index contributed by atoms with van der Waals surface area (Å²) >= 11 is 0. The van der Waals surface area contributed by atoms with Gasteiger partial charge >= 0.3 is 0 Å². The second-order valence-corrected chi connectivity index (χ2v) is 6.88. The first kappa shape index (κ1) is 17.7. The second-order valence-electron chi connectivity index (χ2n) is 5.16. The molecule has 2 rings (SSSR count). The number of sulfonamides is 1. The van der Waals surface area contributed by atoms with Gasteiger partial charge in [-0.2, -0.15) is 5.26 Å². The molecule has 0 saturated carbocycles. The highest BCUT2D eigenvalue weighted by molar-refractivity contribution is 7.89. The van der Waals surface area contributed by atoms with Crippen molar-refractivity contribution in [2.45, 2.75) is 24.3 Å². The van der Waals surface area contributed by atoms with E-state index in [-0.39, 0.29) is 17.4 Å². The van der Waals surface area contributed by atoms with Crippen LogP contribution in [0.4, 0.5) is 5.69 Å². The Balaban J connectivity index is 2.09. The third-order valence-corrected chi connectivity index (χ3v) is 4.88. The van der Waals surface area contributed by atoms with Gasteiger partial charge in [0, 0.05) is 11.7 Å². The molecule has 0 aliphatic heterocycles. The van der Waals surface area contributed by atoms with E-state index < -0.39 is 15.9 Å². The molecule has 0 aromatic heterocycles. The summed E-state index contributed by atoms with van der Waals surface area (Å²) < 4.78 is 27.4. The van der Waals surface area contributed by atoms with Crippen molar-refractivity contribution < 1.29 is 13.2 Å². The number of hydrogen-bond acceptors (Lipinski definition) is 4. The van der Waals surface area contributed by atoms with Crippen molar-refractivity contribution in [1.82, 2.24) is 4.72 Å². The van der Waals surface area contributed by atoms with E-state index in [1.54, 1.807) is 13.0 Å². The molecule has 7 heteroatoms. The monoisotopic (exact) mass is 343 g/mol. The largest absolute Gasteiger partial charge is 0.325 e. The maximum absolute atomic E-state index is 12.4. The highest BCUT2D eigenvalue weighted by atomic mass is 32.2. The molecule has 0 spiro atoms. The van der Waals surface area contributed by atoms with Crippen LogP contribution in [0.25, 0.3) is 0 Å². The van der Waals surface area contributed by atoms with Crippen LogP contribution in [-0.2, 0) is 14.8 Å². The first-order chi connectivity index (χ1) is 11.4. The molecule has 2 aromatic carbocycles. The van der Waals surface area contributed by atoms with Gasteiger partial charge in [0.2, 0.25) is 15.9 Å². The van der Waals surface area contributed by atoms with Gasteiger partial charge in [-0.3, -0.25) is 4.79 Å². The minimum absolute atomic E-state index is 0.101. The first-order valence-corrected chi connectivity index (χ1v) is 8.75. The molecule has 0 aliphatic rings. The zero-order valence-electron chi connectivity index (χ0n) is 13.1. The topological polar surface area (TPSA) is 99.1 Å². The summed E-state index contributed by atoms with van der Waals surface area (Å²) in [5.74, 6) is -0.441. The highest BCUT2D eigenvalue weighted by Gasteiger charge is 2.18. The average molecular weight is 343 g/mol. The number of nitriles is 1. The third kappa shape index (κ3) is 4.65. The van der Waals surface area contributed by atoms with Gasteiger partial charge in [0.1, 0.15) is 6.42 Å². The quantitative estimate of drug-likeness (QED) is 0.842. The van der Waals surface area contributed by atoms with E-state index in [2.05, 4.69) is 10.0 Å². The normalized spacial score (nSPS) is 12.2. The van der Waals surface area contributed by atoms with Crippen molar-refractivity contribution in [2.24, 2.45) is 0 Å². The van der Waals surface area contributed by atoms with Crippen LogP contribution in [0.15, 0.2) is 59.5 Å². The number of carbonyl (C=O) groups is 1. The lowest BCUT2D eigenvalue weighted by molar-refractivity contribution is -0.115. The number of carbonyl (C=O) groups excluding carboxylic acids is 1. The third-order valence-electron chi connectivity index (χ3n) is 3.32. The van der Waals surface area contributed by atoms with E-state index in [0.29, 0.717) is 5.69 Å². The maximum Gasteiger partial charge on any atom is 0.241 e. The van der Waals surface area contributed by atoms with Gasteiger partial charge in [-0.1, -0.05) is 30.3 Å². The van der Waals surface area contributed by atoms with E-state index in [1.165, 1.54) is 24.3 Å². The molecule has 0 saturated heterocycles. The molecular formula is C17H17N3O3S. The summed E-state index contributed by atoms with van der Waals surface area (Å²) in [5.41, 5.74) is 1.30. The summed E-state index contributed by atoms with van der Waals surface area (Å²) in [6, 6.07) is 16.4. The molecule has 124 valence electrons. The summed E-state index contributed by atoms with van der Waals surface area (Å²) in [7, 11) is -3.68. The Morgan fingerprint density at radius 2 is 1.75 bits per heavy atom. The van der Waals surface area contributed by atoms with Crippen LogP contribution in [0.1, 0.15) is 24.9 Å². The Hall–Kier alpha value is -2.69. The van der Waals surface area contributed by atoms with Crippen molar-refractivity contribution in [3.63, 3.8) is 0 Å². The number of benzene rings is 2. The fourth-order valence-electron chi connectivity index (χ4n) is 2.10. The fraction of sp³-hybridized carbons (Fsp3) is 0.176. The molecule has 1 amide bonds. The number of nitrogens with zero attached hydrogens (tertiary/aromatic N) is 1. The average Bonchev–Trinajstić information content (AvgIpc) is 2.56. The van der Waals surface area contributed by atoms with Gasteiger partial charge in [0.15, 0.2) is 0 Å².